The molecule has 0 saturated heterocycles. The molecule has 2 aliphatic carbocycles. The highest BCUT2D eigenvalue weighted by Crippen LogP contribution is 2.46. The van der Waals surface area contributed by atoms with E-state index in [1.165, 1.54) is 11.3 Å². The molecule has 1 heterocycles. The van der Waals surface area contributed by atoms with Gasteiger partial charge in [-0.05, 0) is 43.7 Å². The lowest BCUT2D eigenvalue weighted by molar-refractivity contribution is -0.117. The van der Waals surface area contributed by atoms with Crippen molar-refractivity contribution in [2.24, 2.45) is 5.92 Å². The Kier molecular flexibility index (Phi) is 4.94. The quantitative estimate of drug-likeness (QED) is 0.770. The summed E-state index contributed by atoms with van der Waals surface area (Å²) in [6.07, 6.45) is 3.59. The first kappa shape index (κ1) is 18.7. The van der Waals surface area contributed by atoms with Crippen LogP contribution in [0.1, 0.15) is 52.5 Å². The van der Waals surface area contributed by atoms with Gasteiger partial charge in [0.15, 0.2) is 0 Å². The van der Waals surface area contributed by atoms with Crippen LogP contribution in [0.3, 0.4) is 0 Å². The SMILES string of the molecule is CCOC(=O)c1c(NC(=O)C2CC2)sc2c1CC[C@](C#N)(c1ccccc1)C2. The zero-order valence-corrected chi connectivity index (χ0v) is 16.6. The van der Waals surface area contributed by atoms with E-state index < -0.39 is 11.4 Å². The molecular formula is C22H22N2O3S. The topological polar surface area (TPSA) is 79.2 Å². The van der Waals surface area contributed by atoms with Gasteiger partial charge in [0, 0.05) is 17.2 Å². The maximum absolute atomic E-state index is 12.6. The number of amides is 1. The zero-order valence-electron chi connectivity index (χ0n) is 15.8. The predicted octanol–water partition coefficient (Wildman–Crippen LogP) is 4.22. The molecule has 1 fully saturated rings. The first-order chi connectivity index (χ1) is 13.6. The zero-order chi connectivity index (χ0) is 19.7. The lowest BCUT2D eigenvalue weighted by Crippen LogP contribution is -2.31. The largest absolute Gasteiger partial charge is 0.462 e. The molecule has 1 aromatic heterocycles. The van der Waals surface area contributed by atoms with E-state index >= 15 is 0 Å². The summed E-state index contributed by atoms with van der Waals surface area (Å²) in [5.41, 5.74) is 1.80. The number of esters is 1. The van der Waals surface area contributed by atoms with Crippen molar-refractivity contribution in [2.45, 2.75) is 44.4 Å². The molecule has 1 aromatic carbocycles. The Morgan fingerprint density at radius 2 is 2.07 bits per heavy atom. The van der Waals surface area contributed by atoms with Gasteiger partial charge in [0.05, 0.1) is 23.7 Å². The number of carbonyl (C=O) groups is 2. The number of benzene rings is 1. The van der Waals surface area contributed by atoms with Crippen molar-refractivity contribution in [3.8, 4) is 6.07 Å². The van der Waals surface area contributed by atoms with Gasteiger partial charge in [0.25, 0.3) is 0 Å². The number of nitrogens with zero attached hydrogens (tertiary/aromatic N) is 1. The van der Waals surface area contributed by atoms with E-state index in [1.807, 2.05) is 30.3 Å². The van der Waals surface area contributed by atoms with Crippen LogP contribution in [0.2, 0.25) is 0 Å². The first-order valence-corrected chi connectivity index (χ1v) is 10.5. The molecule has 1 saturated carbocycles. The average Bonchev–Trinajstić information content (AvgIpc) is 3.50. The van der Waals surface area contributed by atoms with Crippen LogP contribution in [0.25, 0.3) is 0 Å². The Labute approximate surface area is 168 Å². The van der Waals surface area contributed by atoms with E-state index in [4.69, 9.17) is 4.74 Å². The van der Waals surface area contributed by atoms with Gasteiger partial charge in [0.1, 0.15) is 5.00 Å². The van der Waals surface area contributed by atoms with Crippen molar-refractivity contribution in [1.29, 1.82) is 5.26 Å². The average molecular weight is 394 g/mol. The smallest absolute Gasteiger partial charge is 0.341 e. The lowest BCUT2D eigenvalue weighted by atomic mass is 9.70. The molecule has 28 heavy (non-hydrogen) atoms. The van der Waals surface area contributed by atoms with Gasteiger partial charge in [-0.3, -0.25) is 4.79 Å². The molecule has 0 aliphatic heterocycles. The van der Waals surface area contributed by atoms with E-state index in [0.29, 0.717) is 29.8 Å². The summed E-state index contributed by atoms with van der Waals surface area (Å²) in [5, 5.41) is 13.5. The summed E-state index contributed by atoms with van der Waals surface area (Å²) in [4.78, 5) is 25.9. The Bertz CT molecular complexity index is 956. The standard InChI is InChI=1S/C22H22N2O3S/c1-2-27-21(26)18-16-10-11-22(13-23,15-6-4-3-5-7-15)12-17(16)28-20(18)24-19(25)14-8-9-14/h3-7,14H,2,8-12H2,1H3,(H,24,25)/t22-/m0/s1. The minimum absolute atomic E-state index is 0.0289. The summed E-state index contributed by atoms with van der Waals surface area (Å²) < 4.78 is 5.27. The van der Waals surface area contributed by atoms with Crippen molar-refractivity contribution < 1.29 is 14.3 Å². The van der Waals surface area contributed by atoms with Crippen molar-refractivity contribution in [1.82, 2.24) is 0 Å². The van der Waals surface area contributed by atoms with E-state index in [-0.39, 0.29) is 18.4 Å². The van der Waals surface area contributed by atoms with Crippen LogP contribution in [-0.2, 0) is 27.8 Å². The highest BCUT2D eigenvalue weighted by atomic mass is 32.1. The second-order valence-corrected chi connectivity index (χ2v) is 8.53. The molecule has 144 valence electrons. The minimum Gasteiger partial charge on any atom is -0.462 e. The molecule has 2 aliphatic rings. The second kappa shape index (κ2) is 7.40. The normalized spacial score (nSPS) is 20.7. The third-order valence-corrected chi connectivity index (χ3v) is 6.71. The Balaban J connectivity index is 1.72. The Morgan fingerprint density at radius 1 is 1.32 bits per heavy atom. The van der Waals surface area contributed by atoms with Crippen LogP contribution >= 0.6 is 11.3 Å². The summed E-state index contributed by atoms with van der Waals surface area (Å²) >= 11 is 1.42. The van der Waals surface area contributed by atoms with Crippen LogP contribution in [0, 0.1) is 17.2 Å². The number of fused-ring (bicyclic) bond motifs is 1. The molecule has 1 amide bonds. The fraction of sp³-hybridized carbons (Fsp3) is 0.409. The molecule has 5 nitrogen and oxygen atoms in total. The third kappa shape index (κ3) is 3.31. The van der Waals surface area contributed by atoms with Gasteiger partial charge in [0.2, 0.25) is 5.91 Å². The van der Waals surface area contributed by atoms with Crippen molar-refractivity contribution in [2.75, 3.05) is 11.9 Å². The number of rotatable bonds is 5. The van der Waals surface area contributed by atoms with Crippen molar-refractivity contribution >= 4 is 28.2 Å². The number of hydrogen-bond acceptors (Lipinski definition) is 5. The van der Waals surface area contributed by atoms with Gasteiger partial charge in [-0.15, -0.1) is 11.3 Å². The first-order valence-electron chi connectivity index (χ1n) is 9.67. The Hall–Kier alpha value is -2.65. The fourth-order valence-corrected chi connectivity index (χ4v) is 5.20. The van der Waals surface area contributed by atoms with Crippen LogP contribution < -0.4 is 5.32 Å². The highest BCUT2D eigenvalue weighted by molar-refractivity contribution is 7.17. The van der Waals surface area contributed by atoms with Crippen LogP contribution in [-0.4, -0.2) is 18.5 Å². The second-order valence-electron chi connectivity index (χ2n) is 7.43. The maximum atomic E-state index is 12.6. The van der Waals surface area contributed by atoms with Crippen molar-refractivity contribution in [3.63, 3.8) is 0 Å². The maximum Gasteiger partial charge on any atom is 0.341 e. The molecule has 0 spiro atoms. The van der Waals surface area contributed by atoms with Gasteiger partial charge < -0.3 is 10.1 Å². The van der Waals surface area contributed by atoms with Gasteiger partial charge in [-0.25, -0.2) is 4.79 Å². The summed E-state index contributed by atoms with van der Waals surface area (Å²) in [7, 11) is 0. The van der Waals surface area contributed by atoms with E-state index in [9.17, 15) is 14.9 Å². The molecule has 0 radical (unpaired) electrons. The summed E-state index contributed by atoms with van der Waals surface area (Å²) in [5.74, 6) is -0.370. The number of ether oxygens (including phenoxy) is 1. The van der Waals surface area contributed by atoms with Crippen LogP contribution in [0.15, 0.2) is 30.3 Å². The van der Waals surface area contributed by atoms with Crippen LogP contribution in [0.5, 0.6) is 0 Å². The number of carbonyl (C=O) groups excluding carboxylic acids is 2. The molecule has 1 atom stereocenters. The van der Waals surface area contributed by atoms with Gasteiger partial charge in [-0.2, -0.15) is 5.26 Å². The molecule has 4 rings (SSSR count). The summed E-state index contributed by atoms with van der Waals surface area (Å²) in [6.45, 7) is 2.06. The fourth-order valence-electron chi connectivity index (χ4n) is 3.85. The molecule has 6 heteroatoms. The number of anilines is 1. The van der Waals surface area contributed by atoms with Crippen LogP contribution in [0.4, 0.5) is 5.00 Å². The molecule has 0 unspecified atom stereocenters. The third-order valence-electron chi connectivity index (χ3n) is 5.56. The molecule has 1 N–H and O–H groups in total. The number of nitriles is 1. The number of thiophene rings is 1. The number of hydrogen-bond donors (Lipinski definition) is 1. The highest BCUT2D eigenvalue weighted by Gasteiger charge is 2.41. The summed E-state index contributed by atoms with van der Waals surface area (Å²) in [6, 6.07) is 12.3. The molecular weight excluding hydrogens is 372 g/mol. The van der Waals surface area contributed by atoms with E-state index in [1.54, 1.807) is 6.92 Å². The Morgan fingerprint density at radius 3 is 2.71 bits per heavy atom. The minimum atomic E-state index is -0.608. The lowest BCUT2D eigenvalue weighted by Gasteiger charge is -2.31. The molecule has 2 aromatic rings. The predicted molar refractivity (Wildman–Crippen MR) is 107 cm³/mol. The van der Waals surface area contributed by atoms with Gasteiger partial charge in [-0.1, -0.05) is 30.3 Å². The van der Waals surface area contributed by atoms with Gasteiger partial charge >= 0.3 is 5.97 Å². The van der Waals surface area contributed by atoms with E-state index in [2.05, 4.69) is 11.4 Å². The van der Waals surface area contributed by atoms with E-state index in [0.717, 1.165) is 28.8 Å². The molecule has 0 bridgehead atoms. The number of nitrogens with one attached hydrogen (secondary N) is 1. The van der Waals surface area contributed by atoms with Crippen molar-refractivity contribution in [3.05, 3.63) is 51.9 Å². The monoisotopic (exact) mass is 394 g/mol.